The molecule has 0 N–H and O–H groups in total. The SMILES string of the molecule is COC(=O)c1oc2ccccc2c1C(=O)OC. The molecule has 2 aromatic rings. The summed E-state index contributed by atoms with van der Waals surface area (Å²) in [5, 5.41) is 0.528. The monoisotopic (exact) mass is 234 g/mol. The Hall–Kier alpha value is -2.30. The first-order valence-corrected chi connectivity index (χ1v) is 4.87. The predicted molar refractivity (Wildman–Crippen MR) is 58.9 cm³/mol. The molecule has 0 saturated carbocycles. The van der Waals surface area contributed by atoms with Crippen LogP contribution in [0, 0.1) is 0 Å². The molecule has 5 heteroatoms. The molecule has 17 heavy (non-hydrogen) atoms. The van der Waals surface area contributed by atoms with E-state index in [-0.39, 0.29) is 11.3 Å². The lowest BCUT2D eigenvalue weighted by Gasteiger charge is -1.99. The lowest BCUT2D eigenvalue weighted by molar-refractivity contribution is 0.0531. The van der Waals surface area contributed by atoms with Crippen LogP contribution in [-0.2, 0) is 9.47 Å². The van der Waals surface area contributed by atoms with Crippen molar-refractivity contribution in [2.45, 2.75) is 0 Å². The van der Waals surface area contributed by atoms with Gasteiger partial charge in [-0.1, -0.05) is 18.2 Å². The van der Waals surface area contributed by atoms with Crippen molar-refractivity contribution in [3.8, 4) is 0 Å². The van der Waals surface area contributed by atoms with Crippen LogP contribution in [-0.4, -0.2) is 26.2 Å². The molecule has 1 aromatic heterocycles. The minimum Gasteiger partial charge on any atom is -0.465 e. The van der Waals surface area contributed by atoms with Crippen LogP contribution in [0.3, 0.4) is 0 Å². The number of fused-ring (bicyclic) bond motifs is 1. The van der Waals surface area contributed by atoms with Gasteiger partial charge in [0.05, 0.1) is 14.2 Å². The minimum absolute atomic E-state index is 0.0925. The van der Waals surface area contributed by atoms with Crippen molar-refractivity contribution in [3.63, 3.8) is 0 Å². The Morgan fingerprint density at radius 2 is 1.71 bits per heavy atom. The van der Waals surface area contributed by atoms with E-state index < -0.39 is 11.9 Å². The van der Waals surface area contributed by atoms with Gasteiger partial charge in [0.2, 0.25) is 5.76 Å². The molecule has 1 heterocycles. The predicted octanol–water partition coefficient (Wildman–Crippen LogP) is 2.01. The first-order valence-electron chi connectivity index (χ1n) is 4.87. The normalized spacial score (nSPS) is 10.2. The van der Waals surface area contributed by atoms with E-state index in [0.717, 1.165) is 0 Å². The molecule has 0 aliphatic carbocycles. The van der Waals surface area contributed by atoms with Crippen molar-refractivity contribution in [2.24, 2.45) is 0 Å². The van der Waals surface area contributed by atoms with E-state index >= 15 is 0 Å². The zero-order chi connectivity index (χ0) is 12.4. The zero-order valence-corrected chi connectivity index (χ0v) is 9.35. The number of ether oxygens (including phenoxy) is 2. The second-order valence-electron chi connectivity index (χ2n) is 3.29. The van der Waals surface area contributed by atoms with Crippen molar-refractivity contribution in [2.75, 3.05) is 14.2 Å². The van der Waals surface area contributed by atoms with Crippen LogP contribution < -0.4 is 0 Å². The van der Waals surface area contributed by atoms with Crippen LogP contribution in [0.15, 0.2) is 28.7 Å². The maximum Gasteiger partial charge on any atom is 0.374 e. The van der Waals surface area contributed by atoms with Gasteiger partial charge in [-0.25, -0.2) is 9.59 Å². The Morgan fingerprint density at radius 3 is 2.35 bits per heavy atom. The third-order valence-corrected chi connectivity index (χ3v) is 2.36. The van der Waals surface area contributed by atoms with Gasteiger partial charge in [0.15, 0.2) is 0 Å². The summed E-state index contributed by atoms with van der Waals surface area (Å²) in [5.41, 5.74) is 0.531. The summed E-state index contributed by atoms with van der Waals surface area (Å²) in [7, 11) is 2.46. The van der Waals surface area contributed by atoms with Crippen LogP contribution in [0.5, 0.6) is 0 Å². The molecule has 0 unspecified atom stereocenters. The Morgan fingerprint density at radius 1 is 1.06 bits per heavy atom. The highest BCUT2D eigenvalue weighted by atomic mass is 16.5. The molecule has 0 aliphatic heterocycles. The topological polar surface area (TPSA) is 65.7 Å². The van der Waals surface area contributed by atoms with Crippen LogP contribution >= 0.6 is 0 Å². The molecule has 2 rings (SSSR count). The van der Waals surface area contributed by atoms with Gasteiger partial charge < -0.3 is 13.9 Å². The maximum absolute atomic E-state index is 11.6. The molecule has 0 aliphatic rings. The van der Waals surface area contributed by atoms with Gasteiger partial charge in [0.1, 0.15) is 11.1 Å². The van der Waals surface area contributed by atoms with Crippen LogP contribution in [0.25, 0.3) is 11.0 Å². The molecule has 5 nitrogen and oxygen atoms in total. The summed E-state index contributed by atoms with van der Waals surface area (Å²) in [6.07, 6.45) is 0. The van der Waals surface area contributed by atoms with E-state index in [1.165, 1.54) is 14.2 Å². The molecule has 0 bridgehead atoms. The van der Waals surface area contributed by atoms with Crippen molar-refractivity contribution in [1.29, 1.82) is 0 Å². The van der Waals surface area contributed by atoms with Crippen molar-refractivity contribution >= 4 is 22.9 Å². The summed E-state index contributed by atoms with van der Waals surface area (Å²) in [6.45, 7) is 0. The molecule has 0 spiro atoms. The summed E-state index contributed by atoms with van der Waals surface area (Å²) in [4.78, 5) is 23.1. The Bertz CT molecular complexity index is 582. The number of esters is 2. The number of benzene rings is 1. The van der Waals surface area contributed by atoms with Gasteiger partial charge in [0.25, 0.3) is 0 Å². The van der Waals surface area contributed by atoms with E-state index in [1.807, 2.05) is 0 Å². The fourth-order valence-corrected chi connectivity index (χ4v) is 1.59. The number of methoxy groups -OCH3 is 2. The van der Waals surface area contributed by atoms with Gasteiger partial charge in [-0.3, -0.25) is 0 Å². The number of hydrogen-bond donors (Lipinski definition) is 0. The third-order valence-electron chi connectivity index (χ3n) is 2.36. The fraction of sp³-hybridized carbons (Fsp3) is 0.167. The highest BCUT2D eigenvalue weighted by molar-refractivity contribution is 6.11. The fourth-order valence-electron chi connectivity index (χ4n) is 1.59. The first-order chi connectivity index (χ1) is 8.19. The van der Waals surface area contributed by atoms with E-state index in [1.54, 1.807) is 24.3 Å². The quantitative estimate of drug-likeness (QED) is 0.743. The standard InChI is InChI=1S/C12H10O5/c1-15-11(13)9-7-5-3-4-6-8(7)17-10(9)12(14)16-2/h3-6H,1-2H3. The second-order valence-corrected chi connectivity index (χ2v) is 3.29. The molecule has 0 amide bonds. The average Bonchev–Trinajstić information content (AvgIpc) is 2.76. The van der Waals surface area contributed by atoms with Crippen molar-refractivity contribution in [1.82, 2.24) is 0 Å². The summed E-state index contributed by atoms with van der Waals surface area (Å²) in [5.74, 6) is -1.47. The lowest BCUT2D eigenvalue weighted by Crippen LogP contribution is -2.09. The Labute approximate surface area is 96.9 Å². The van der Waals surface area contributed by atoms with E-state index in [4.69, 9.17) is 4.42 Å². The summed E-state index contributed by atoms with van der Waals surface area (Å²) in [6, 6.07) is 6.82. The van der Waals surface area contributed by atoms with Crippen LogP contribution in [0.1, 0.15) is 20.9 Å². The third kappa shape index (κ3) is 1.75. The van der Waals surface area contributed by atoms with Gasteiger partial charge >= 0.3 is 11.9 Å². The molecular formula is C12H10O5. The Balaban J connectivity index is 2.73. The highest BCUT2D eigenvalue weighted by Crippen LogP contribution is 2.26. The average molecular weight is 234 g/mol. The van der Waals surface area contributed by atoms with E-state index in [9.17, 15) is 9.59 Å². The molecule has 88 valence electrons. The first kappa shape index (κ1) is 11.2. The minimum atomic E-state index is -0.707. The lowest BCUT2D eigenvalue weighted by atomic mass is 10.1. The van der Waals surface area contributed by atoms with E-state index in [0.29, 0.717) is 11.0 Å². The number of hydrogen-bond acceptors (Lipinski definition) is 5. The van der Waals surface area contributed by atoms with E-state index in [2.05, 4.69) is 9.47 Å². The number of carbonyl (C=O) groups is 2. The van der Waals surface area contributed by atoms with Gasteiger partial charge in [0, 0.05) is 5.39 Å². The largest absolute Gasteiger partial charge is 0.465 e. The molecule has 0 saturated heterocycles. The number of para-hydroxylation sites is 1. The summed E-state index contributed by atoms with van der Waals surface area (Å²) < 4.78 is 14.5. The smallest absolute Gasteiger partial charge is 0.374 e. The summed E-state index contributed by atoms with van der Waals surface area (Å²) >= 11 is 0. The Kier molecular flexibility index (Phi) is 2.82. The van der Waals surface area contributed by atoms with Crippen molar-refractivity contribution < 1.29 is 23.5 Å². The molecule has 1 aromatic carbocycles. The van der Waals surface area contributed by atoms with Gasteiger partial charge in [-0.05, 0) is 6.07 Å². The molecular weight excluding hydrogens is 224 g/mol. The molecule has 0 radical (unpaired) electrons. The zero-order valence-electron chi connectivity index (χ0n) is 9.35. The highest BCUT2D eigenvalue weighted by Gasteiger charge is 2.26. The van der Waals surface area contributed by atoms with Gasteiger partial charge in [-0.2, -0.15) is 0 Å². The second kappa shape index (κ2) is 4.29. The number of rotatable bonds is 2. The maximum atomic E-state index is 11.6. The van der Waals surface area contributed by atoms with Crippen LogP contribution in [0.2, 0.25) is 0 Å². The molecule has 0 atom stereocenters. The van der Waals surface area contributed by atoms with Crippen molar-refractivity contribution in [3.05, 3.63) is 35.6 Å². The molecule has 0 fully saturated rings. The van der Waals surface area contributed by atoms with Crippen LogP contribution in [0.4, 0.5) is 0 Å². The number of furan rings is 1. The van der Waals surface area contributed by atoms with Gasteiger partial charge in [-0.15, -0.1) is 0 Å². The number of carbonyl (C=O) groups excluding carboxylic acids is 2.